The molecule has 0 heterocycles. The number of hydrogen-bond acceptors (Lipinski definition) is 2. The second kappa shape index (κ2) is 8.68. The Morgan fingerprint density at radius 2 is 1.94 bits per heavy atom. The Hall–Kier alpha value is -0.380. The number of hydrogen-bond donors (Lipinski definition) is 1. The SMILES string of the molecule is CCN(CC)CCCNCc1cccc(Br)c1C. The summed E-state index contributed by atoms with van der Waals surface area (Å²) < 4.78 is 1.20. The van der Waals surface area contributed by atoms with E-state index in [0.717, 1.165) is 26.2 Å². The maximum absolute atomic E-state index is 3.57. The van der Waals surface area contributed by atoms with Gasteiger partial charge in [-0.05, 0) is 56.7 Å². The van der Waals surface area contributed by atoms with Gasteiger partial charge in [-0.1, -0.05) is 41.9 Å². The minimum atomic E-state index is 0.962. The van der Waals surface area contributed by atoms with Crippen molar-refractivity contribution in [1.82, 2.24) is 10.2 Å². The highest BCUT2D eigenvalue weighted by Crippen LogP contribution is 2.19. The molecule has 1 aromatic carbocycles. The van der Waals surface area contributed by atoms with Crippen LogP contribution in [0, 0.1) is 6.92 Å². The van der Waals surface area contributed by atoms with E-state index in [1.54, 1.807) is 0 Å². The minimum Gasteiger partial charge on any atom is -0.313 e. The molecule has 102 valence electrons. The van der Waals surface area contributed by atoms with Crippen LogP contribution in [0.15, 0.2) is 22.7 Å². The molecule has 0 unspecified atom stereocenters. The summed E-state index contributed by atoms with van der Waals surface area (Å²) in [6.07, 6.45) is 1.22. The van der Waals surface area contributed by atoms with Gasteiger partial charge < -0.3 is 10.2 Å². The molecule has 0 bridgehead atoms. The quantitative estimate of drug-likeness (QED) is 0.738. The maximum Gasteiger partial charge on any atom is 0.0208 e. The second-order valence-corrected chi connectivity index (χ2v) is 5.44. The second-order valence-electron chi connectivity index (χ2n) is 4.58. The predicted octanol–water partition coefficient (Wildman–Crippen LogP) is 3.58. The largest absolute Gasteiger partial charge is 0.313 e. The molecular weight excluding hydrogens is 288 g/mol. The number of nitrogens with one attached hydrogen (secondary N) is 1. The van der Waals surface area contributed by atoms with Crippen LogP contribution >= 0.6 is 15.9 Å². The van der Waals surface area contributed by atoms with Crippen molar-refractivity contribution in [3.05, 3.63) is 33.8 Å². The Bertz CT molecular complexity index is 348. The van der Waals surface area contributed by atoms with Gasteiger partial charge >= 0.3 is 0 Å². The van der Waals surface area contributed by atoms with Crippen molar-refractivity contribution in [3.8, 4) is 0 Å². The molecule has 0 aliphatic rings. The molecule has 0 atom stereocenters. The van der Waals surface area contributed by atoms with Gasteiger partial charge in [-0.25, -0.2) is 0 Å². The molecule has 0 aliphatic heterocycles. The number of rotatable bonds is 8. The minimum absolute atomic E-state index is 0.962. The molecule has 1 N–H and O–H groups in total. The fourth-order valence-corrected chi connectivity index (χ4v) is 2.44. The van der Waals surface area contributed by atoms with Gasteiger partial charge in [0.15, 0.2) is 0 Å². The molecule has 0 saturated heterocycles. The van der Waals surface area contributed by atoms with Crippen LogP contribution < -0.4 is 5.32 Å². The van der Waals surface area contributed by atoms with E-state index in [9.17, 15) is 0 Å². The van der Waals surface area contributed by atoms with Crippen LogP contribution in [0.3, 0.4) is 0 Å². The lowest BCUT2D eigenvalue weighted by Gasteiger charge is -2.17. The highest BCUT2D eigenvalue weighted by atomic mass is 79.9. The van der Waals surface area contributed by atoms with Crippen molar-refractivity contribution in [3.63, 3.8) is 0 Å². The molecule has 1 aromatic rings. The van der Waals surface area contributed by atoms with Gasteiger partial charge in [0, 0.05) is 11.0 Å². The van der Waals surface area contributed by atoms with Gasteiger partial charge in [0.05, 0.1) is 0 Å². The van der Waals surface area contributed by atoms with Crippen LogP contribution in [-0.4, -0.2) is 31.1 Å². The van der Waals surface area contributed by atoms with Gasteiger partial charge in [0.25, 0.3) is 0 Å². The van der Waals surface area contributed by atoms with Crippen molar-refractivity contribution in [1.29, 1.82) is 0 Å². The van der Waals surface area contributed by atoms with Crippen LogP contribution in [0.1, 0.15) is 31.4 Å². The average Bonchev–Trinajstić information content (AvgIpc) is 2.38. The van der Waals surface area contributed by atoms with Gasteiger partial charge in [0.2, 0.25) is 0 Å². The van der Waals surface area contributed by atoms with Crippen LogP contribution in [0.5, 0.6) is 0 Å². The summed E-state index contributed by atoms with van der Waals surface area (Å²) in [7, 11) is 0. The summed E-state index contributed by atoms with van der Waals surface area (Å²) in [5.41, 5.74) is 2.72. The molecule has 0 radical (unpaired) electrons. The Labute approximate surface area is 120 Å². The van der Waals surface area contributed by atoms with E-state index in [1.807, 2.05) is 0 Å². The predicted molar refractivity (Wildman–Crippen MR) is 83.0 cm³/mol. The highest BCUT2D eigenvalue weighted by Gasteiger charge is 2.01. The lowest BCUT2D eigenvalue weighted by Crippen LogP contribution is -2.27. The van der Waals surface area contributed by atoms with E-state index >= 15 is 0 Å². The standard InChI is InChI=1S/C15H25BrN2/c1-4-18(5-2)11-7-10-17-12-14-8-6-9-15(16)13(14)3/h6,8-9,17H,4-5,7,10-12H2,1-3H3. The van der Waals surface area contributed by atoms with Gasteiger partial charge in [-0.2, -0.15) is 0 Å². The van der Waals surface area contributed by atoms with Crippen molar-refractivity contribution in [2.24, 2.45) is 0 Å². The molecular formula is C15H25BrN2. The molecule has 0 amide bonds. The summed E-state index contributed by atoms with van der Waals surface area (Å²) in [4.78, 5) is 2.46. The normalized spacial score (nSPS) is 11.2. The van der Waals surface area contributed by atoms with Crippen molar-refractivity contribution in [2.75, 3.05) is 26.2 Å². The molecule has 1 rings (SSSR count). The van der Waals surface area contributed by atoms with Crippen molar-refractivity contribution >= 4 is 15.9 Å². The van der Waals surface area contributed by atoms with Crippen LogP contribution in [0.2, 0.25) is 0 Å². The smallest absolute Gasteiger partial charge is 0.0208 e. The van der Waals surface area contributed by atoms with E-state index in [0.29, 0.717) is 0 Å². The summed E-state index contributed by atoms with van der Waals surface area (Å²) in [6, 6.07) is 6.39. The van der Waals surface area contributed by atoms with E-state index in [4.69, 9.17) is 0 Å². The fourth-order valence-electron chi connectivity index (χ4n) is 2.03. The molecule has 3 heteroatoms. The third-order valence-corrected chi connectivity index (χ3v) is 4.28. The average molecular weight is 313 g/mol. The molecule has 0 saturated carbocycles. The van der Waals surface area contributed by atoms with E-state index in [2.05, 4.69) is 65.1 Å². The third-order valence-electron chi connectivity index (χ3n) is 3.42. The first kappa shape index (κ1) is 15.7. The number of nitrogens with zero attached hydrogens (tertiary/aromatic N) is 1. The Balaban J connectivity index is 2.24. The Kier molecular flexibility index (Phi) is 7.56. The highest BCUT2D eigenvalue weighted by molar-refractivity contribution is 9.10. The lowest BCUT2D eigenvalue weighted by atomic mass is 10.1. The van der Waals surface area contributed by atoms with E-state index in [-0.39, 0.29) is 0 Å². The Morgan fingerprint density at radius 3 is 2.61 bits per heavy atom. The zero-order chi connectivity index (χ0) is 13.4. The molecule has 2 nitrogen and oxygen atoms in total. The molecule has 18 heavy (non-hydrogen) atoms. The van der Waals surface area contributed by atoms with Crippen LogP contribution in [-0.2, 0) is 6.54 Å². The number of benzene rings is 1. The molecule has 0 spiro atoms. The Morgan fingerprint density at radius 1 is 1.22 bits per heavy atom. The summed E-state index contributed by atoms with van der Waals surface area (Å²) >= 11 is 3.57. The maximum atomic E-state index is 3.57. The van der Waals surface area contributed by atoms with Crippen molar-refractivity contribution in [2.45, 2.75) is 33.7 Å². The molecule has 0 fully saturated rings. The van der Waals surface area contributed by atoms with Gasteiger partial charge in [-0.15, -0.1) is 0 Å². The first-order chi connectivity index (χ1) is 8.69. The van der Waals surface area contributed by atoms with Crippen molar-refractivity contribution < 1.29 is 0 Å². The molecule has 0 aromatic heterocycles. The summed E-state index contributed by atoms with van der Waals surface area (Å²) in [5, 5.41) is 3.53. The van der Waals surface area contributed by atoms with Crippen LogP contribution in [0.4, 0.5) is 0 Å². The number of halogens is 1. The zero-order valence-electron chi connectivity index (χ0n) is 11.8. The summed E-state index contributed by atoms with van der Waals surface area (Å²) in [5.74, 6) is 0. The lowest BCUT2D eigenvalue weighted by molar-refractivity contribution is 0.298. The van der Waals surface area contributed by atoms with Crippen LogP contribution in [0.25, 0.3) is 0 Å². The van der Waals surface area contributed by atoms with Gasteiger partial charge in [-0.3, -0.25) is 0 Å². The zero-order valence-corrected chi connectivity index (χ0v) is 13.4. The topological polar surface area (TPSA) is 15.3 Å². The first-order valence-electron chi connectivity index (χ1n) is 6.86. The monoisotopic (exact) mass is 312 g/mol. The summed E-state index contributed by atoms with van der Waals surface area (Å²) in [6.45, 7) is 12.2. The van der Waals surface area contributed by atoms with Gasteiger partial charge in [0.1, 0.15) is 0 Å². The first-order valence-corrected chi connectivity index (χ1v) is 7.65. The van der Waals surface area contributed by atoms with E-state index < -0.39 is 0 Å². The van der Waals surface area contributed by atoms with E-state index in [1.165, 1.54) is 28.6 Å². The third kappa shape index (κ3) is 5.09. The fraction of sp³-hybridized carbons (Fsp3) is 0.600. The molecule has 0 aliphatic carbocycles.